The highest BCUT2D eigenvalue weighted by Crippen LogP contribution is 2.13. The topological polar surface area (TPSA) is 61.4 Å². The van der Waals surface area contributed by atoms with E-state index in [0.29, 0.717) is 28.7 Å². The van der Waals surface area contributed by atoms with Crippen molar-refractivity contribution < 1.29 is 9.59 Å². The lowest BCUT2D eigenvalue weighted by Crippen LogP contribution is -2.39. The van der Waals surface area contributed by atoms with Crippen LogP contribution < -0.4 is 10.6 Å². The molecule has 0 aromatic heterocycles. The smallest absolute Gasteiger partial charge is 0.238 e. The number of hydrogen-bond acceptors (Lipinski definition) is 3. The van der Waals surface area contributed by atoms with Gasteiger partial charge in [0.25, 0.3) is 0 Å². The second-order valence-corrected chi connectivity index (χ2v) is 6.83. The number of benzene rings is 2. The van der Waals surface area contributed by atoms with Gasteiger partial charge in [0.15, 0.2) is 0 Å². The quantitative estimate of drug-likeness (QED) is 0.723. The molecule has 0 radical (unpaired) electrons. The number of likely N-dealkylation sites (N-methyl/N-ethyl adjacent to an activating group) is 1. The van der Waals surface area contributed by atoms with E-state index in [9.17, 15) is 9.59 Å². The van der Waals surface area contributed by atoms with Gasteiger partial charge in [0.2, 0.25) is 11.8 Å². The Morgan fingerprint density at radius 1 is 0.962 bits per heavy atom. The molecule has 0 bridgehead atoms. The maximum Gasteiger partial charge on any atom is 0.238 e. The van der Waals surface area contributed by atoms with Crippen molar-refractivity contribution in [1.29, 1.82) is 0 Å². The van der Waals surface area contributed by atoms with Crippen molar-refractivity contribution in [2.45, 2.75) is 6.42 Å². The van der Waals surface area contributed by atoms with E-state index >= 15 is 0 Å². The third-order valence-corrected chi connectivity index (χ3v) is 4.07. The molecule has 0 aliphatic rings. The highest BCUT2D eigenvalue weighted by molar-refractivity contribution is 6.30. The first-order valence-electron chi connectivity index (χ1n) is 8.17. The van der Waals surface area contributed by atoms with Crippen molar-refractivity contribution in [3.05, 3.63) is 64.1 Å². The fourth-order valence-electron chi connectivity index (χ4n) is 2.37. The lowest BCUT2D eigenvalue weighted by molar-refractivity contribution is -0.122. The Hall–Kier alpha value is -2.08. The first-order valence-corrected chi connectivity index (χ1v) is 8.93. The van der Waals surface area contributed by atoms with Gasteiger partial charge in [-0.1, -0.05) is 35.3 Å². The average molecular weight is 394 g/mol. The Morgan fingerprint density at radius 2 is 1.65 bits per heavy atom. The Bertz CT molecular complexity index is 751. The van der Waals surface area contributed by atoms with E-state index in [4.69, 9.17) is 23.2 Å². The number of carbonyl (C=O) groups excluding carboxylic acids is 2. The predicted molar refractivity (Wildman–Crippen MR) is 106 cm³/mol. The zero-order chi connectivity index (χ0) is 18.9. The van der Waals surface area contributed by atoms with Crippen LogP contribution in [0, 0.1) is 0 Å². The fourth-order valence-corrected chi connectivity index (χ4v) is 2.71. The molecule has 0 aliphatic heterocycles. The number of rotatable bonds is 8. The molecule has 2 aromatic rings. The molecule has 0 aliphatic carbocycles. The van der Waals surface area contributed by atoms with Crippen LogP contribution in [0.2, 0.25) is 10.0 Å². The molecule has 2 rings (SSSR count). The van der Waals surface area contributed by atoms with Gasteiger partial charge in [-0.25, -0.2) is 0 Å². The van der Waals surface area contributed by atoms with E-state index in [2.05, 4.69) is 10.6 Å². The fraction of sp³-hybridized carbons (Fsp3) is 0.263. The van der Waals surface area contributed by atoms with Crippen LogP contribution >= 0.6 is 23.2 Å². The molecule has 0 unspecified atom stereocenters. The van der Waals surface area contributed by atoms with Crippen molar-refractivity contribution in [2.75, 3.05) is 32.0 Å². The summed E-state index contributed by atoms with van der Waals surface area (Å²) < 4.78 is 0. The Labute approximate surface area is 163 Å². The van der Waals surface area contributed by atoms with E-state index in [-0.39, 0.29) is 24.9 Å². The van der Waals surface area contributed by atoms with Gasteiger partial charge in [-0.2, -0.15) is 0 Å². The van der Waals surface area contributed by atoms with Gasteiger partial charge >= 0.3 is 0 Å². The lowest BCUT2D eigenvalue weighted by Gasteiger charge is -2.16. The summed E-state index contributed by atoms with van der Waals surface area (Å²) in [6.07, 6.45) is 0.701. The summed E-state index contributed by atoms with van der Waals surface area (Å²) in [6, 6.07) is 14.4. The van der Waals surface area contributed by atoms with Crippen molar-refractivity contribution in [3.8, 4) is 0 Å². The monoisotopic (exact) mass is 393 g/mol. The third-order valence-electron chi connectivity index (χ3n) is 3.58. The lowest BCUT2D eigenvalue weighted by atomic mass is 10.1. The van der Waals surface area contributed by atoms with E-state index in [1.165, 1.54) is 0 Å². The van der Waals surface area contributed by atoms with Crippen molar-refractivity contribution in [2.24, 2.45) is 0 Å². The molecular weight excluding hydrogens is 373 g/mol. The minimum Gasteiger partial charge on any atom is -0.355 e. The van der Waals surface area contributed by atoms with Crippen LogP contribution in [-0.4, -0.2) is 43.4 Å². The largest absolute Gasteiger partial charge is 0.355 e. The van der Waals surface area contributed by atoms with Gasteiger partial charge in [-0.3, -0.25) is 14.5 Å². The molecule has 138 valence electrons. The molecule has 2 amide bonds. The first kappa shape index (κ1) is 20.2. The molecule has 0 atom stereocenters. The molecule has 7 heteroatoms. The number of carbonyl (C=O) groups is 2. The number of nitrogens with one attached hydrogen (secondary N) is 2. The van der Waals surface area contributed by atoms with Crippen LogP contribution in [0.1, 0.15) is 5.56 Å². The van der Waals surface area contributed by atoms with E-state index < -0.39 is 0 Å². The SMILES string of the molecule is CN(CC(=O)NCCc1cccc(Cl)c1)CC(=O)Nc1ccc(Cl)cc1. The maximum absolute atomic E-state index is 12.0. The zero-order valence-electron chi connectivity index (χ0n) is 14.5. The maximum atomic E-state index is 12.0. The summed E-state index contributed by atoms with van der Waals surface area (Å²) in [5, 5.41) is 6.89. The molecule has 0 saturated carbocycles. The highest BCUT2D eigenvalue weighted by Gasteiger charge is 2.11. The van der Waals surface area contributed by atoms with Gasteiger partial charge in [0.05, 0.1) is 13.1 Å². The highest BCUT2D eigenvalue weighted by atomic mass is 35.5. The van der Waals surface area contributed by atoms with Crippen LogP contribution in [-0.2, 0) is 16.0 Å². The van der Waals surface area contributed by atoms with Gasteiger partial charge < -0.3 is 10.6 Å². The number of anilines is 1. The van der Waals surface area contributed by atoms with Gasteiger partial charge in [0, 0.05) is 22.3 Å². The summed E-state index contributed by atoms with van der Waals surface area (Å²) in [5.41, 5.74) is 1.73. The summed E-state index contributed by atoms with van der Waals surface area (Å²) in [6.45, 7) is 0.776. The average Bonchev–Trinajstić information content (AvgIpc) is 2.56. The Balaban J connectivity index is 1.67. The van der Waals surface area contributed by atoms with Crippen LogP contribution in [0.3, 0.4) is 0 Å². The molecule has 0 saturated heterocycles. The van der Waals surface area contributed by atoms with Crippen LogP contribution in [0.25, 0.3) is 0 Å². The van der Waals surface area contributed by atoms with Gasteiger partial charge in [-0.15, -0.1) is 0 Å². The molecule has 26 heavy (non-hydrogen) atoms. The van der Waals surface area contributed by atoms with Gasteiger partial charge in [-0.05, 0) is 55.4 Å². The molecule has 5 nitrogen and oxygen atoms in total. The second kappa shape index (κ2) is 10.2. The number of nitrogens with zero attached hydrogens (tertiary/aromatic N) is 1. The molecule has 2 aromatic carbocycles. The van der Waals surface area contributed by atoms with Gasteiger partial charge in [0.1, 0.15) is 0 Å². The Kier molecular flexibility index (Phi) is 7.91. The summed E-state index contributed by atoms with van der Waals surface area (Å²) in [5.74, 6) is -0.324. The summed E-state index contributed by atoms with van der Waals surface area (Å²) in [7, 11) is 1.72. The summed E-state index contributed by atoms with van der Waals surface area (Å²) >= 11 is 11.7. The standard InChI is InChI=1S/C19H21Cl2N3O2/c1-24(13-19(26)23-17-7-5-15(20)6-8-17)12-18(25)22-10-9-14-3-2-4-16(21)11-14/h2-8,11H,9-10,12-13H2,1H3,(H,22,25)(H,23,26). The minimum absolute atomic E-state index is 0.115. The third kappa shape index (κ3) is 7.44. The zero-order valence-corrected chi connectivity index (χ0v) is 16.0. The minimum atomic E-state index is -0.193. The number of halogens is 2. The number of amides is 2. The van der Waals surface area contributed by atoms with Crippen LogP contribution in [0.5, 0.6) is 0 Å². The molecule has 0 heterocycles. The Morgan fingerprint density at radius 3 is 2.35 bits per heavy atom. The van der Waals surface area contributed by atoms with E-state index in [0.717, 1.165) is 5.56 Å². The van der Waals surface area contributed by atoms with Crippen LogP contribution in [0.4, 0.5) is 5.69 Å². The summed E-state index contributed by atoms with van der Waals surface area (Å²) in [4.78, 5) is 25.6. The molecule has 0 fully saturated rings. The normalized spacial score (nSPS) is 10.6. The van der Waals surface area contributed by atoms with E-state index in [1.54, 1.807) is 36.2 Å². The van der Waals surface area contributed by atoms with Crippen molar-refractivity contribution in [1.82, 2.24) is 10.2 Å². The van der Waals surface area contributed by atoms with Crippen molar-refractivity contribution in [3.63, 3.8) is 0 Å². The van der Waals surface area contributed by atoms with Crippen molar-refractivity contribution >= 4 is 40.7 Å². The van der Waals surface area contributed by atoms with E-state index in [1.807, 2.05) is 24.3 Å². The first-order chi connectivity index (χ1) is 12.4. The molecule has 0 spiro atoms. The number of hydrogen-bond donors (Lipinski definition) is 2. The predicted octanol–water partition coefficient (Wildman–Crippen LogP) is 3.22. The van der Waals surface area contributed by atoms with Crippen LogP contribution in [0.15, 0.2) is 48.5 Å². The molecule has 2 N–H and O–H groups in total. The molecular formula is C19H21Cl2N3O2. The second-order valence-electron chi connectivity index (χ2n) is 5.96.